The van der Waals surface area contributed by atoms with E-state index in [2.05, 4.69) is 0 Å². The fourth-order valence-corrected chi connectivity index (χ4v) is 5.02. The van der Waals surface area contributed by atoms with E-state index < -0.39 is 10.0 Å². The second-order valence-electron chi connectivity index (χ2n) is 6.42. The van der Waals surface area contributed by atoms with Gasteiger partial charge in [0.25, 0.3) is 0 Å². The Kier molecular flexibility index (Phi) is 4.85. The van der Waals surface area contributed by atoms with E-state index >= 15 is 0 Å². The molecule has 0 heterocycles. The zero-order chi connectivity index (χ0) is 15.6. The largest absolute Gasteiger partial charge is 0.396 e. The smallest absolute Gasteiger partial charge is 0.243 e. The predicted molar refractivity (Wildman–Crippen MR) is 86.3 cm³/mol. The lowest BCUT2D eigenvalue weighted by atomic mass is 9.92. The van der Waals surface area contributed by atoms with Crippen molar-refractivity contribution < 1.29 is 13.5 Å². The van der Waals surface area contributed by atoms with Crippen molar-refractivity contribution in [3.05, 3.63) is 29.3 Å². The number of hydrogen-bond acceptors (Lipinski definition) is 3. The van der Waals surface area contributed by atoms with Crippen molar-refractivity contribution in [1.82, 2.24) is 4.31 Å². The molecule has 0 unspecified atom stereocenters. The first-order valence-electron chi connectivity index (χ1n) is 8.37. The summed E-state index contributed by atoms with van der Waals surface area (Å²) in [7, 11) is -3.40. The first-order valence-corrected chi connectivity index (χ1v) is 9.81. The average molecular weight is 323 g/mol. The molecule has 0 aromatic heterocycles. The molecule has 1 aromatic rings. The quantitative estimate of drug-likeness (QED) is 0.784. The molecule has 4 nitrogen and oxygen atoms in total. The molecular weight excluding hydrogens is 298 g/mol. The van der Waals surface area contributed by atoms with Gasteiger partial charge in [0.05, 0.1) is 4.90 Å². The van der Waals surface area contributed by atoms with Gasteiger partial charge < -0.3 is 5.11 Å². The van der Waals surface area contributed by atoms with Crippen LogP contribution in [0.15, 0.2) is 23.1 Å². The van der Waals surface area contributed by atoms with E-state index in [0.29, 0.717) is 17.9 Å². The minimum atomic E-state index is -3.40. The first-order chi connectivity index (χ1) is 10.6. The lowest BCUT2D eigenvalue weighted by Gasteiger charge is -2.23. The van der Waals surface area contributed by atoms with Gasteiger partial charge >= 0.3 is 0 Å². The Labute approximate surface area is 133 Å². The number of sulfonamides is 1. The van der Waals surface area contributed by atoms with E-state index in [1.165, 1.54) is 17.5 Å². The topological polar surface area (TPSA) is 57.6 Å². The zero-order valence-electron chi connectivity index (χ0n) is 13.0. The minimum absolute atomic E-state index is 0.122. The van der Waals surface area contributed by atoms with Crippen LogP contribution in [0.5, 0.6) is 0 Å². The van der Waals surface area contributed by atoms with Crippen LogP contribution in [0.1, 0.15) is 49.7 Å². The van der Waals surface area contributed by atoms with E-state index in [1.807, 2.05) is 12.1 Å². The highest BCUT2D eigenvalue weighted by atomic mass is 32.2. The molecule has 122 valence electrons. The van der Waals surface area contributed by atoms with Gasteiger partial charge in [0.1, 0.15) is 0 Å². The summed E-state index contributed by atoms with van der Waals surface area (Å²) in [5.41, 5.74) is 2.52. The summed E-state index contributed by atoms with van der Waals surface area (Å²) in [5.74, 6) is 0. The van der Waals surface area contributed by atoms with Crippen LogP contribution in [-0.4, -0.2) is 37.0 Å². The molecule has 22 heavy (non-hydrogen) atoms. The van der Waals surface area contributed by atoms with Crippen molar-refractivity contribution in [2.45, 2.75) is 62.3 Å². The Balaban J connectivity index is 1.83. The molecule has 0 atom stereocenters. The molecular formula is C17H25NO3S. The van der Waals surface area contributed by atoms with Gasteiger partial charge in [-0.3, -0.25) is 0 Å². The van der Waals surface area contributed by atoms with Crippen molar-refractivity contribution in [2.24, 2.45) is 0 Å². The number of benzene rings is 1. The zero-order valence-corrected chi connectivity index (χ0v) is 13.8. The third-order valence-electron chi connectivity index (χ3n) is 4.67. The maximum Gasteiger partial charge on any atom is 0.243 e. The van der Waals surface area contributed by atoms with Crippen LogP contribution < -0.4 is 0 Å². The minimum Gasteiger partial charge on any atom is -0.396 e. The highest BCUT2D eigenvalue weighted by molar-refractivity contribution is 7.89. The molecule has 0 aliphatic heterocycles. The fraction of sp³-hybridized carbons (Fsp3) is 0.647. The van der Waals surface area contributed by atoms with Crippen LogP contribution in [0.2, 0.25) is 0 Å². The molecule has 2 aliphatic carbocycles. The monoisotopic (exact) mass is 323 g/mol. The number of nitrogens with zero attached hydrogens (tertiary/aromatic N) is 1. The van der Waals surface area contributed by atoms with Gasteiger partial charge in [-0.2, -0.15) is 4.31 Å². The number of unbranched alkanes of at least 4 members (excludes halogenated alkanes) is 1. The van der Waals surface area contributed by atoms with Crippen LogP contribution in [-0.2, 0) is 22.9 Å². The number of aryl methyl sites for hydroxylation is 2. The third-order valence-corrected chi connectivity index (χ3v) is 6.62. The Morgan fingerprint density at radius 3 is 2.50 bits per heavy atom. The van der Waals surface area contributed by atoms with Gasteiger partial charge in [0.15, 0.2) is 0 Å². The normalized spacial score (nSPS) is 18.5. The second kappa shape index (κ2) is 6.69. The van der Waals surface area contributed by atoms with Crippen molar-refractivity contribution in [1.29, 1.82) is 0 Å². The van der Waals surface area contributed by atoms with Crippen molar-refractivity contribution in [2.75, 3.05) is 13.2 Å². The summed E-state index contributed by atoms with van der Waals surface area (Å²) in [4.78, 5) is 0.448. The Morgan fingerprint density at radius 1 is 1.09 bits per heavy atom. The van der Waals surface area contributed by atoms with E-state index in [-0.39, 0.29) is 12.6 Å². The molecule has 5 heteroatoms. The molecule has 0 saturated heterocycles. The van der Waals surface area contributed by atoms with Crippen LogP contribution in [0, 0.1) is 0 Å². The molecule has 1 fully saturated rings. The summed E-state index contributed by atoms with van der Waals surface area (Å²) < 4.78 is 27.6. The molecule has 1 aromatic carbocycles. The number of rotatable bonds is 7. The SMILES string of the molecule is O=S(=O)(c1ccc2c(c1)CCCC2)N(CCCCO)C1CC1. The Morgan fingerprint density at radius 2 is 1.82 bits per heavy atom. The van der Waals surface area contributed by atoms with Gasteiger partial charge in [0.2, 0.25) is 10.0 Å². The highest BCUT2D eigenvalue weighted by Gasteiger charge is 2.37. The molecule has 0 bridgehead atoms. The summed E-state index contributed by atoms with van der Waals surface area (Å²) in [6.45, 7) is 0.641. The average Bonchev–Trinajstić information content (AvgIpc) is 3.35. The molecule has 0 amide bonds. The van der Waals surface area contributed by atoms with Gasteiger partial charge in [-0.05, 0) is 74.6 Å². The van der Waals surface area contributed by atoms with Crippen molar-refractivity contribution in [3.63, 3.8) is 0 Å². The standard InChI is InChI=1S/C17H25NO3S/c19-12-4-3-11-18(16-8-9-16)22(20,21)17-10-7-14-5-1-2-6-15(14)13-17/h7,10,13,16,19H,1-6,8-9,11-12H2. The fourth-order valence-electron chi connectivity index (χ4n) is 3.25. The van der Waals surface area contributed by atoms with Crippen molar-refractivity contribution in [3.8, 4) is 0 Å². The van der Waals surface area contributed by atoms with Gasteiger partial charge in [-0.1, -0.05) is 6.07 Å². The first kappa shape index (κ1) is 16.0. The summed E-state index contributed by atoms with van der Waals surface area (Å²) in [6.07, 6.45) is 7.71. The lowest BCUT2D eigenvalue weighted by Crippen LogP contribution is -2.34. The van der Waals surface area contributed by atoms with Gasteiger partial charge in [-0.25, -0.2) is 8.42 Å². The van der Waals surface area contributed by atoms with Gasteiger partial charge in [-0.15, -0.1) is 0 Å². The maximum absolute atomic E-state index is 13.0. The van der Waals surface area contributed by atoms with E-state index in [4.69, 9.17) is 5.11 Å². The number of fused-ring (bicyclic) bond motifs is 1. The third kappa shape index (κ3) is 3.36. The second-order valence-corrected chi connectivity index (χ2v) is 8.31. The molecule has 3 rings (SSSR count). The number of aliphatic hydroxyl groups is 1. The van der Waals surface area contributed by atoms with Crippen molar-refractivity contribution >= 4 is 10.0 Å². The summed E-state index contributed by atoms with van der Waals surface area (Å²) in [5, 5.41) is 8.92. The maximum atomic E-state index is 13.0. The molecule has 1 N–H and O–H groups in total. The van der Waals surface area contributed by atoms with Crippen LogP contribution in [0.4, 0.5) is 0 Å². The lowest BCUT2D eigenvalue weighted by molar-refractivity contribution is 0.275. The molecule has 2 aliphatic rings. The van der Waals surface area contributed by atoms with Crippen LogP contribution >= 0.6 is 0 Å². The van der Waals surface area contributed by atoms with Crippen LogP contribution in [0.3, 0.4) is 0 Å². The molecule has 0 radical (unpaired) electrons. The molecule has 0 spiro atoms. The summed E-state index contributed by atoms with van der Waals surface area (Å²) in [6, 6.07) is 5.84. The highest BCUT2D eigenvalue weighted by Crippen LogP contribution is 2.33. The summed E-state index contributed by atoms with van der Waals surface area (Å²) >= 11 is 0. The number of aliphatic hydroxyl groups excluding tert-OH is 1. The van der Waals surface area contributed by atoms with E-state index in [9.17, 15) is 8.42 Å². The van der Waals surface area contributed by atoms with E-state index in [1.54, 1.807) is 10.4 Å². The van der Waals surface area contributed by atoms with Gasteiger partial charge in [0, 0.05) is 19.2 Å². The number of hydrogen-bond donors (Lipinski definition) is 1. The van der Waals surface area contributed by atoms with Crippen LogP contribution in [0.25, 0.3) is 0 Å². The molecule has 1 saturated carbocycles. The predicted octanol–water partition coefficient (Wildman–Crippen LogP) is 2.49. The van der Waals surface area contributed by atoms with E-state index in [0.717, 1.165) is 38.5 Å². The Hall–Kier alpha value is -0.910. The Bertz CT molecular complexity index is 623.